The predicted molar refractivity (Wildman–Crippen MR) is 146 cm³/mol. The number of fused-ring (bicyclic) bond motifs is 1. The number of imide groups is 1. The number of amides is 3. The summed E-state index contributed by atoms with van der Waals surface area (Å²) in [5.41, 5.74) is 3.49. The molecule has 0 aliphatic carbocycles. The highest BCUT2D eigenvalue weighted by atomic mass is 32.1. The van der Waals surface area contributed by atoms with Crippen molar-refractivity contribution in [2.75, 3.05) is 4.90 Å². The van der Waals surface area contributed by atoms with Gasteiger partial charge >= 0.3 is 0 Å². The van der Waals surface area contributed by atoms with Gasteiger partial charge in [0, 0.05) is 5.56 Å². The highest BCUT2D eigenvalue weighted by Gasteiger charge is 2.46. The molecule has 1 fully saturated rings. The van der Waals surface area contributed by atoms with Crippen LogP contribution in [0.5, 0.6) is 0 Å². The molecule has 3 amide bonds. The van der Waals surface area contributed by atoms with Gasteiger partial charge in [-0.25, -0.2) is 9.88 Å². The maximum atomic E-state index is 13.7. The van der Waals surface area contributed by atoms with Crippen LogP contribution in [0.1, 0.15) is 34.6 Å². The van der Waals surface area contributed by atoms with Crippen LogP contribution in [0.4, 0.5) is 5.69 Å². The number of hydrogen-bond donors (Lipinski definition) is 0. The maximum absolute atomic E-state index is 13.7. The summed E-state index contributed by atoms with van der Waals surface area (Å²) < 4.78 is 5.84. The average molecular weight is 522 g/mol. The van der Waals surface area contributed by atoms with E-state index in [2.05, 4.69) is 4.98 Å². The molecule has 0 bridgehead atoms. The Kier molecular flexibility index (Phi) is 6.09. The van der Waals surface area contributed by atoms with Crippen LogP contribution in [0.3, 0.4) is 0 Å². The normalized spacial score (nSPS) is 16.2. The molecule has 0 N–H and O–H groups in total. The van der Waals surface area contributed by atoms with Crippen molar-refractivity contribution in [3.8, 4) is 11.5 Å². The van der Waals surface area contributed by atoms with E-state index in [0.29, 0.717) is 22.0 Å². The molecule has 0 radical (unpaired) electrons. The zero-order valence-electron chi connectivity index (χ0n) is 20.5. The van der Waals surface area contributed by atoms with Crippen molar-refractivity contribution in [3.05, 3.63) is 107 Å². The van der Waals surface area contributed by atoms with Crippen molar-refractivity contribution in [1.29, 1.82) is 0 Å². The third-order valence-corrected chi connectivity index (χ3v) is 7.65. The quantitative estimate of drug-likeness (QED) is 0.253. The van der Waals surface area contributed by atoms with Crippen LogP contribution >= 0.6 is 11.3 Å². The smallest absolute Gasteiger partial charge is 0.265 e. The standard InChI is InChI=1S/C30H23N3O4S/c1-19(20-8-3-2-4-9-20)32(30(36)26-12-7-17-38-26)24-18-27(34)33(29(24)35)22-15-13-21(14-16-22)28-31-23-10-5-6-11-25(23)37-28/h2-17,19,24H,18H2,1H3. The van der Waals surface area contributed by atoms with Gasteiger partial charge in [0.1, 0.15) is 11.6 Å². The largest absolute Gasteiger partial charge is 0.436 e. The molecule has 2 atom stereocenters. The van der Waals surface area contributed by atoms with Crippen LogP contribution in [-0.4, -0.2) is 33.6 Å². The minimum atomic E-state index is -0.913. The summed E-state index contributed by atoms with van der Waals surface area (Å²) in [6.07, 6.45) is -0.0833. The van der Waals surface area contributed by atoms with Crippen molar-refractivity contribution >= 4 is 45.8 Å². The van der Waals surface area contributed by atoms with E-state index in [1.165, 1.54) is 16.2 Å². The SMILES string of the molecule is CC(c1ccccc1)N(C(=O)c1cccs1)C1CC(=O)N(c2ccc(-c3nc4ccccc4o3)cc2)C1=O. The van der Waals surface area contributed by atoms with Crippen molar-refractivity contribution < 1.29 is 18.8 Å². The van der Waals surface area contributed by atoms with Crippen LogP contribution in [-0.2, 0) is 9.59 Å². The first-order valence-corrected chi connectivity index (χ1v) is 13.1. The molecule has 0 saturated carbocycles. The van der Waals surface area contributed by atoms with Crippen LogP contribution < -0.4 is 4.90 Å². The number of benzene rings is 3. The molecule has 38 heavy (non-hydrogen) atoms. The Labute approximate surface area is 222 Å². The molecule has 1 aliphatic heterocycles. The molecule has 3 aromatic carbocycles. The predicted octanol–water partition coefficient (Wildman–Crippen LogP) is 6.09. The van der Waals surface area contributed by atoms with Crippen molar-refractivity contribution in [2.24, 2.45) is 0 Å². The van der Waals surface area contributed by atoms with Gasteiger partial charge in [-0.3, -0.25) is 14.4 Å². The summed E-state index contributed by atoms with van der Waals surface area (Å²) in [7, 11) is 0. The van der Waals surface area contributed by atoms with Crippen LogP contribution in [0, 0.1) is 0 Å². The Balaban J connectivity index is 1.30. The van der Waals surface area contributed by atoms with Crippen LogP contribution in [0.2, 0.25) is 0 Å². The van der Waals surface area contributed by atoms with E-state index < -0.39 is 18.0 Å². The third kappa shape index (κ3) is 4.18. The van der Waals surface area contributed by atoms with Gasteiger partial charge in [0.05, 0.1) is 23.0 Å². The number of rotatable bonds is 6. The molecule has 0 spiro atoms. The molecule has 2 aromatic heterocycles. The summed E-state index contributed by atoms with van der Waals surface area (Å²) in [6, 6.07) is 26.2. The van der Waals surface area contributed by atoms with Gasteiger partial charge in [0.25, 0.3) is 11.8 Å². The highest BCUT2D eigenvalue weighted by Crippen LogP contribution is 2.34. The fraction of sp³-hybridized carbons (Fsp3) is 0.133. The number of carbonyl (C=O) groups excluding carboxylic acids is 3. The van der Waals surface area contributed by atoms with Crippen molar-refractivity contribution in [1.82, 2.24) is 9.88 Å². The van der Waals surface area contributed by atoms with Crippen molar-refractivity contribution in [3.63, 3.8) is 0 Å². The molecule has 6 rings (SSSR count). The topological polar surface area (TPSA) is 83.7 Å². The average Bonchev–Trinajstić information content (AvgIpc) is 3.69. The van der Waals surface area contributed by atoms with Crippen molar-refractivity contribution in [2.45, 2.75) is 25.4 Å². The first-order valence-electron chi connectivity index (χ1n) is 12.2. The van der Waals surface area contributed by atoms with E-state index in [-0.39, 0.29) is 18.2 Å². The highest BCUT2D eigenvalue weighted by molar-refractivity contribution is 7.12. The summed E-state index contributed by atoms with van der Waals surface area (Å²) in [5, 5.41) is 1.82. The zero-order chi connectivity index (χ0) is 26.2. The minimum Gasteiger partial charge on any atom is -0.436 e. The third-order valence-electron chi connectivity index (χ3n) is 6.79. The molecular weight excluding hydrogens is 498 g/mol. The minimum absolute atomic E-state index is 0.0833. The van der Waals surface area contributed by atoms with E-state index >= 15 is 0 Å². The number of nitrogens with zero attached hydrogens (tertiary/aromatic N) is 3. The van der Waals surface area contributed by atoms with E-state index in [1.54, 1.807) is 41.3 Å². The molecule has 7 nitrogen and oxygen atoms in total. The molecule has 3 heterocycles. The number of carbonyl (C=O) groups is 3. The van der Waals surface area contributed by atoms with E-state index in [9.17, 15) is 14.4 Å². The van der Waals surface area contributed by atoms with E-state index in [1.807, 2.05) is 66.9 Å². The summed E-state index contributed by atoms with van der Waals surface area (Å²) in [6.45, 7) is 1.89. The number of thiophene rings is 1. The van der Waals surface area contributed by atoms with Gasteiger partial charge in [0.2, 0.25) is 11.8 Å². The molecule has 188 valence electrons. The lowest BCUT2D eigenvalue weighted by Crippen LogP contribution is -2.46. The van der Waals surface area contributed by atoms with Gasteiger partial charge in [-0.05, 0) is 60.3 Å². The fourth-order valence-corrected chi connectivity index (χ4v) is 5.53. The lowest BCUT2D eigenvalue weighted by atomic mass is 10.0. The van der Waals surface area contributed by atoms with Gasteiger partial charge in [-0.1, -0.05) is 48.5 Å². The second-order valence-corrected chi connectivity index (χ2v) is 10.0. The second kappa shape index (κ2) is 9.72. The Morgan fingerprint density at radius 2 is 1.71 bits per heavy atom. The second-order valence-electron chi connectivity index (χ2n) is 9.10. The van der Waals surface area contributed by atoms with Gasteiger partial charge < -0.3 is 9.32 Å². The molecule has 8 heteroatoms. The number of anilines is 1. The lowest BCUT2D eigenvalue weighted by Gasteiger charge is -2.33. The number of oxazole rings is 1. The maximum Gasteiger partial charge on any atom is 0.265 e. The first-order chi connectivity index (χ1) is 18.5. The van der Waals surface area contributed by atoms with E-state index in [4.69, 9.17) is 4.42 Å². The molecular formula is C30H23N3O4S. The first kappa shape index (κ1) is 23.8. The zero-order valence-corrected chi connectivity index (χ0v) is 21.3. The molecule has 2 unspecified atom stereocenters. The Morgan fingerprint density at radius 1 is 0.974 bits per heavy atom. The van der Waals surface area contributed by atoms with Gasteiger partial charge in [-0.15, -0.1) is 11.3 Å². The summed E-state index contributed by atoms with van der Waals surface area (Å²) in [4.78, 5) is 48.3. The monoisotopic (exact) mass is 521 g/mol. The Bertz CT molecular complexity index is 1590. The number of aromatic nitrogens is 1. The fourth-order valence-electron chi connectivity index (χ4n) is 4.86. The van der Waals surface area contributed by atoms with Gasteiger partial charge in [0.15, 0.2) is 5.58 Å². The Morgan fingerprint density at radius 3 is 2.42 bits per heavy atom. The number of hydrogen-bond acceptors (Lipinski definition) is 6. The number of para-hydroxylation sites is 2. The van der Waals surface area contributed by atoms with Crippen LogP contribution in [0.25, 0.3) is 22.6 Å². The molecule has 5 aromatic rings. The molecule has 1 saturated heterocycles. The molecule has 1 aliphatic rings. The lowest BCUT2D eigenvalue weighted by molar-refractivity contribution is -0.122. The summed E-state index contributed by atoms with van der Waals surface area (Å²) >= 11 is 1.31. The Hall–Kier alpha value is -4.56. The summed E-state index contributed by atoms with van der Waals surface area (Å²) in [5.74, 6) is -0.578. The van der Waals surface area contributed by atoms with Gasteiger partial charge in [-0.2, -0.15) is 0 Å². The van der Waals surface area contributed by atoms with Crippen LogP contribution in [0.15, 0.2) is 101 Å². The van der Waals surface area contributed by atoms with E-state index in [0.717, 1.165) is 16.6 Å².